The van der Waals surface area contributed by atoms with Crippen LogP contribution in [0.5, 0.6) is 0 Å². The highest BCUT2D eigenvalue weighted by Gasteiger charge is 2.53. The third-order valence-corrected chi connectivity index (χ3v) is 9.13. The molecule has 29 heavy (non-hydrogen) atoms. The van der Waals surface area contributed by atoms with Crippen molar-refractivity contribution in [3.8, 4) is 0 Å². The van der Waals surface area contributed by atoms with Crippen molar-refractivity contribution in [2.75, 3.05) is 26.3 Å². The van der Waals surface area contributed by atoms with E-state index in [1.807, 2.05) is 0 Å². The maximum Gasteiger partial charge on any atom is 0.225 e. The molecule has 6 atom stereocenters. The first kappa shape index (κ1) is 27.5. The van der Waals surface area contributed by atoms with Crippen LogP contribution in [0.25, 0.3) is 0 Å². The lowest BCUT2D eigenvalue weighted by molar-refractivity contribution is -0.131. The van der Waals surface area contributed by atoms with Gasteiger partial charge in [-0.1, -0.05) is 67.8 Å². The van der Waals surface area contributed by atoms with Gasteiger partial charge in [-0.05, 0) is 0 Å². The first-order valence-electron chi connectivity index (χ1n) is 8.87. The van der Waals surface area contributed by atoms with Crippen LogP contribution in [0.15, 0.2) is 0 Å². The second kappa shape index (κ2) is 13.1. The molecule has 0 bridgehead atoms. The Labute approximate surface area is 209 Å². The molecule has 0 radical (unpaired) electrons. The van der Waals surface area contributed by atoms with Gasteiger partial charge >= 0.3 is 0 Å². The van der Waals surface area contributed by atoms with Crippen molar-refractivity contribution in [2.45, 2.75) is 36.9 Å². The molecule has 0 aliphatic heterocycles. The molecule has 3 amide bonds. The average molecular weight is 753 g/mol. The van der Waals surface area contributed by atoms with Gasteiger partial charge in [-0.3, -0.25) is 14.4 Å². The number of halogens is 3. The molecule has 0 spiro atoms. The Morgan fingerprint density at radius 3 is 1.52 bits per heavy atom. The molecule has 0 saturated heterocycles. The molecule has 0 heterocycles. The number of aliphatic hydroxyl groups is 4. The van der Waals surface area contributed by atoms with Crippen LogP contribution in [0.2, 0.25) is 0 Å². The van der Waals surface area contributed by atoms with Gasteiger partial charge < -0.3 is 36.4 Å². The van der Waals surface area contributed by atoms with E-state index in [1.165, 1.54) is 6.92 Å². The van der Waals surface area contributed by atoms with Crippen LogP contribution in [0.4, 0.5) is 0 Å². The van der Waals surface area contributed by atoms with Crippen molar-refractivity contribution in [2.24, 2.45) is 11.8 Å². The van der Waals surface area contributed by atoms with Crippen molar-refractivity contribution in [1.82, 2.24) is 16.0 Å². The number of alkyl halides is 3. The summed E-state index contributed by atoms with van der Waals surface area (Å²) in [6.07, 6.45) is -2.18. The zero-order chi connectivity index (χ0) is 22.3. The average Bonchev–Trinajstić information content (AvgIpc) is 2.67. The standard InChI is InChI=1S/C16H26I3N3O7/c1-6(25)22-14-12(18)9(15(28)20-2-7(26)4-23)11(17)10(13(14)19)16(29)21-3-8(27)5-24/h7-14,23-24,26-27H,2-5H2,1H3,(H,20,28)(H,21,29)(H,22,25). The van der Waals surface area contributed by atoms with E-state index in [0.29, 0.717) is 0 Å². The van der Waals surface area contributed by atoms with Crippen molar-refractivity contribution < 1.29 is 34.8 Å². The van der Waals surface area contributed by atoms with Crippen LogP contribution in [-0.4, -0.2) is 94.5 Å². The predicted octanol–water partition coefficient (Wildman–Crippen LogP) is -1.91. The van der Waals surface area contributed by atoms with E-state index in [9.17, 15) is 24.6 Å². The van der Waals surface area contributed by atoms with Crippen LogP contribution >= 0.6 is 67.8 Å². The van der Waals surface area contributed by atoms with Gasteiger partial charge in [-0.15, -0.1) is 0 Å². The van der Waals surface area contributed by atoms with E-state index >= 15 is 0 Å². The fourth-order valence-corrected chi connectivity index (χ4v) is 9.70. The second-order valence-electron chi connectivity index (χ2n) is 6.77. The van der Waals surface area contributed by atoms with Gasteiger partial charge in [0.1, 0.15) is 0 Å². The van der Waals surface area contributed by atoms with E-state index in [-0.39, 0.29) is 38.7 Å². The largest absolute Gasteiger partial charge is 0.394 e. The minimum absolute atomic E-state index is 0.128. The second-order valence-corrected chi connectivity index (χ2v) is 11.1. The number of aliphatic hydroxyl groups excluding tert-OH is 4. The Kier molecular flexibility index (Phi) is 12.4. The van der Waals surface area contributed by atoms with E-state index < -0.39 is 47.2 Å². The Morgan fingerprint density at radius 1 is 0.828 bits per heavy atom. The minimum atomic E-state index is -1.09. The molecule has 1 saturated carbocycles. The fraction of sp³-hybridized carbons (Fsp3) is 0.812. The zero-order valence-corrected chi connectivity index (χ0v) is 22.1. The third kappa shape index (κ3) is 7.81. The molecule has 1 aliphatic carbocycles. The minimum Gasteiger partial charge on any atom is -0.394 e. The van der Waals surface area contributed by atoms with Gasteiger partial charge in [0.2, 0.25) is 17.7 Å². The van der Waals surface area contributed by atoms with Crippen LogP contribution in [0.1, 0.15) is 6.92 Å². The number of hydrogen-bond donors (Lipinski definition) is 7. The highest BCUT2D eigenvalue weighted by molar-refractivity contribution is 14.1. The quantitative estimate of drug-likeness (QED) is 0.107. The molecule has 6 unspecified atom stereocenters. The summed E-state index contributed by atoms with van der Waals surface area (Å²) in [7, 11) is 0. The number of rotatable bonds is 9. The molecular formula is C16H26I3N3O7. The fourth-order valence-electron chi connectivity index (χ4n) is 2.97. The van der Waals surface area contributed by atoms with Gasteiger partial charge in [0.05, 0.1) is 43.3 Å². The lowest BCUT2D eigenvalue weighted by atomic mass is 9.77. The van der Waals surface area contributed by atoms with Crippen LogP contribution in [0, 0.1) is 11.8 Å². The summed E-state index contributed by atoms with van der Waals surface area (Å²) in [6, 6.07) is -0.461. The van der Waals surface area contributed by atoms with Gasteiger partial charge in [0.15, 0.2) is 0 Å². The topological polar surface area (TPSA) is 168 Å². The first-order chi connectivity index (χ1) is 13.5. The maximum atomic E-state index is 12.8. The number of carbonyl (C=O) groups is 3. The molecular weight excluding hydrogens is 727 g/mol. The lowest BCUT2D eigenvalue weighted by Gasteiger charge is -2.45. The van der Waals surface area contributed by atoms with Crippen molar-refractivity contribution in [3.05, 3.63) is 0 Å². The SMILES string of the molecule is CC(=O)NC1C(I)C(C(=O)NCC(O)CO)C(I)C(C(=O)NCC(O)CO)C1I. The van der Waals surface area contributed by atoms with Crippen molar-refractivity contribution in [1.29, 1.82) is 0 Å². The number of carbonyl (C=O) groups excluding carboxylic acids is 3. The van der Waals surface area contributed by atoms with E-state index in [2.05, 4.69) is 83.7 Å². The van der Waals surface area contributed by atoms with Crippen LogP contribution in [0.3, 0.4) is 0 Å². The Morgan fingerprint density at radius 2 is 1.21 bits per heavy atom. The molecule has 0 aromatic rings. The van der Waals surface area contributed by atoms with Gasteiger partial charge in [-0.2, -0.15) is 0 Å². The molecule has 0 aromatic heterocycles. The Hall–Kier alpha value is 0.440. The highest BCUT2D eigenvalue weighted by atomic mass is 127. The van der Waals surface area contributed by atoms with E-state index in [4.69, 9.17) is 10.2 Å². The van der Waals surface area contributed by atoms with Crippen LogP contribution < -0.4 is 16.0 Å². The Bertz CT molecular complexity index is 546. The van der Waals surface area contributed by atoms with Crippen molar-refractivity contribution >= 4 is 85.5 Å². The highest BCUT2D eigenvalue weighted by Crippen LogP contribution is 2.43. The molecule has 1 rings (SSSR count). The third-order valence-electron chi connectivity index (χ3n) is 4.48. The normalized spacial score (nSPS) is 31.4. The summed E-state index contributed by atoms with van der Waals surface area (Å²) in [5, 5.41) is 44.9. The lowest BCUT2D eigenvalue weighted by Crippen LogP contribution is -2.64. The smallest absolute Gasteiger partial charge is 0.225 e. The molecule has 1 fully saturated rings. The number of hydrogen-bond acceptors (Lipinski definition) is 7. The first-order valence-corrected chi connectivity index (χ1v) is 12.6. The molecule has 1 aliphatic rings. The van der Waals surface area contributed by atoms with Gasteiger partial charge in [0.25, 0.3) is 0 Å². The monoisotopic (exact) mass is 753 g/mol. The van der Waals surface area contributed by atoms with Gasteiger partial charge in [-0.25, -0.2) is 0 Å². The molecule has 10 nitrogen and oxygen atoms in total. The molecule has 0 aromatic carbocycles. The predicted molar refractivity (Wildman–Crippen MR) is 130 cm³/mol. The Balaban J connectivity index is 3.08. The zero-order valence-electron chi connectivity index (χ0n) is 15.6. The summed E-state index contributed by atoms with van der Waals surface area (Å²) >= 11 is 6.24. The maximum absolute atomic E-state index is 12.8. The summed E-state index contributed by atoms with van der Waals surface area (Å²) in [5.74, 6) is -2.35. The summed E-state index contributed by atoms with van der Waals surface area (Å²) in [5.41, 5.74) is 0. The van der Waals surface area contributed by atoms with Crippen LogP contribution in [-0.2, 0) is 14.4 Å². The summed E-state index contributed by atoms with van der Waals surface area (Å²) in [6.45, 7) is 0.124. The number of amides is 3. The van der Waals surface area contributed by atoms with Gasteiger partial charge in [0, 0.05) is 31.8 Å². The van der Waals surface area contributed by atoms with E-state index in [0.717, 1.165) is 0 Å². The van der Waals surface area contributed by atoms with Crippen molar-refractivity contribution in [3.63, 3.8) is 0 Å². The molecule has 168 valence electrons. The summed E-state index contributed by atoms with van der Waals surface area (Å²) < 4.78 is -1.07. The van der Waals surface area contributed by atoms with E-state index in [1.54, 1.807) is 0 Å². The summed E-state index contributed by atoms with van der Waals surface area (Å²) in [4.78, 5) is 37.4. The molecule has 7 N–H and O–H groups in total. The number of nitrogens with one attached hydrogen (secondary N) is 3. The molecule has 13 heteroatoms.